The van der Waals surface area contributed by atoms with Crippen molar-refractivity contribution >= 4 is 28.7 Å². The third-order valence-corrected chi connectivity index (χ3v) is 4.22. The number of carbonyl (C=O) groups is 1. The fraction of sp³-hybridized carbons (Fsp3) is 0.294. The summed E-state index contributed by atoms with van der Waals surface area (Å²) in [5.41, 5.74) is 1.81. The van der Waals surface area contributed by atoms with Crippen LogP contribution < -0.4 is 5.32 Å². The molecule has 0 unspecified atom stereocenters. The SMILES string of the molecule is CC(C)c1cc(NC(=O)C[S@](=O)C/C=C/c2ccccc2)on1. The van der Waals surface area contributed by atoms with Crippen molar-refractivity contribution in [2.45, 2.75) is 19.8 Å². The smallest absolute Gasteiger partial charge is 0.239 e. The van der Waals surface area contributed by atoms with Gasteiger partial charge < -0.3 is 4.52 Å². The second-order valence-corrected chi connectivity index (χ2v) is 6.88. The molecular formula is C17H20N2O3S. The van der Waals surface area contributed by atoms with Crippen molar-refractivity contribution < 1.29 is 13.5 Å². The first-order chi connectivity index (χ1) is 11.0. The van der Waals surface area contributed by atoms with E-state index in [-0.39, 0.29) is 23.5 Å². The Hall–Kier alpha value is -2.21. The molecule has 5 nitrogen and oxygen atoms in total. The molecule has 0 aliphatic heterocycles. The highest BCUT2D eigenvalue weighted by Gasteiger charge is 2.12. The summed E-state index contributed by atoms with van der Waals surface area (Å²) in [4.78, 5) is 11.8. The molecule has 1 aromatic heterocycles. The summed E-state index contributed by atoms with van der Waals surface area (Å²) < 4.78 is 16.9. The normalized spacial score (nSPS) is 12.7. The number of rotatable bonds is 7. The van der Waals surface area contributed by atoms with E-state index in [1.165, 1.54) is 0 Å². The number of benzene rings is 1. The monoisotopic (exact) mass is 332 g/mol. The van der Waals surface area contributed by atoms with Gasteiger partial charge in [0, 0.05) is 22.6 Å². The topological polar surface area (TPSA) is 72.2 Å². The van der Waals surface area contributed by atoms with Crippen LogP contribution in [-0.4, -0.2) is 26.8 Å². The summed E-state index contributed by atoms with van der Waals surface area (Å²) in [5, 5.41) is 6.43. The van der Waals surface area contributed by atoms with Crippen molar-refractivity contribution in [1.82, 2.24) is 5.16 Å². The highest BCUT2D eigenvalue weighted by atomic mass is 32.2. The second-order valence-electron chi connectivity index (χ2n) is 5.38. The molecule has 1 atom stereocenters. The van der Waals surface area contributed by atoms with Gasteiger partial charge in [0.25, 0.3) is 0 Å². The highest BCUT2D eigenvalue weighted by molar-refractivity contribution is 7.85. The summed E-state index contributed by atoms with van der Waals surface area (Å²) in [6, 6.07) is 11.4. The van der Waals surface area contributed by atoms with Gasteiger partial charge in [-0.15, -0.1) is 0 Å². The number of hydrogen-bond acceptors (Lipinski definition) is 4. The van der Waals surface area contributed by atoms with Crippen molar-refractivity contribution in [1.29, 1.82) is 0 Å². The number of hydrogen-bond donors (Lipinski definition) is 1. The molecule has 0 saturated carbocycles. The van der Waals surface area contributed by atoms with E-state index in [1.807, 2.05) is 56.3 Å². The number of amides is 1. The Morgan fingerprint density at radius 3 is 2.74 bits per heavy atom. The Morgan fingerprint density at radius 1 is 1.35 bits per heavy atom. The molecule has 0 bridgehead atoms. The first-order valence-corrected chi connectivity index (χ1v) is 8.86. The predicted molar refractivity (Wildman–Crippen MR) is 92.6 cm³/mol. The highest BCUT2D eigenvalue weighted by Crippen LogP contribution is 2.17. The van der Waals surface area contributed by atoms with Gasteiger partial charge in [0.1, 0.15) is 5.75 Å². The maximum absolute atomic E-state index is 11.9. The Balaban J connectivity index is 1.78. The van der Waals surface area contributed by atoms with Gasteiger partial charge >= 0.3 is 0 Å². The van der Waals surface area contributed by atoms with Crippen molar-refractivity contribution in [3.8, 4) is 0 Å². The largest absolute Gasteiger partial charge is 0.338 e. The molecule has 0 radical (unpaired) electrons. The minimum absolute atomic E-state index is 0.0726. The lowest BCUT2D eigenvalue weighted by molar-refractivity contribution is -0.114. The Morgan fingerprint density at radius 2 is 2.09 bits per heavy atom. The van der Waals surface area contributed by atoms with E-state index in [1.54, 1.807) is 6.07 Å². The molecule has 0 aliphatic rings. The summed E-state index contributed by atoms with van der Waals surface area (Å²) >= 11 is 0. The molecule has 0 spiro atoms. The molecule has 1 aromatic carbocycles. The van der Waals surface area contributed by atoms with E-state index >= 15 is 0 Å². The fourth-order valence-corrected chi connectivity index (χ4v) is 2.65. The molecule has 2 aromatic rings. The van der Waals surface area contributed by atoms with Gasteiger partial charge in [-0.3, -0.25) is 14.3 Å². The molecular weight excluding hydrogens is 312 g/mol. The van der Waals surface area contributed by atoms with E-state index in [0.717, 1.165) is 11.3 Å². The second kappa shape index (κ2) is 8.43. The number of carbonyl (C=O) groups excluding carboxylic acids is 1. The van der Waals surface area contributed by atoms with Gasteiger partial charge in [0.05, 0.1) is 5.69 Å². The van der Waals surface area contributed by atoms with Crippen LogP contribution in [0.3, 0.4) is 0 Å². The van der Waals surface area contributed by atoms with Crippen LogP contribution in [0.5, 0.6) is 0 Å². The van der Waals surface area contributed by atoms with Crippen molar-refractivity contribution in [2.24, 2.45) is 0 Å². The molecule has 6 heteroatoms. The van der Waals surface area contributed by atoms with E-state index in [2.05, 4.69) is 10.5 Å². The summed E-state index contributed by atoms with van der Waals surface area (Å²) in [5.74, 6) is 0.423. The van der Waals surface area contributed by atoms with Crippen LogP contribution in [0, 0.1) is 0 Å². The number of nitrogens with zero attached hydrogens (tertiary/aromatic N) is 1. The van der Waals surface area contributed by atoms with Gasteiger partial charge in [-0.05, 0) is 11.5 Å². The third kappa shape index (κ3) is 5.83. The predicted octanol–water partition coefficient (Wildman–Crippen LogP) is 3.20. The standard InChI is InChI=1S/C17H20N2O3S/c1-13(2)15-11-17(22-19-15)18-16(20)12-23(21)10-6-9-14-7-4-3-5-8-14/h3-9,11,13H,10,12H2,1-2H3,(H,18,20)/b9-6+/t23-/m1/s1. The molecule has 1 heterocycles. The van der Waals surface area contributed by atoms with Gasteiger partial charge in [-0.1, -0.05) is 61.5 Å². The first-order valence-electron chi connectivity index (χ1n) is 7.37. The quantitative estimate of drug-likeness (QED) is 0.845. The van der Waals surface area contributed by atoms with E-state index in [9.17, 15) is 9.00 Å². The lowest BCUT2D eigenvalue weighted by atomic mass is 10.1. The lowest BCUT2D eigenvalue weighted by Gasteiger charge is -2.00. The molecule has 122 valence electrons. The van der Waals surface area contributed by atoms with Crippen LogP contribution in [0.4, 0.5) is 5.88 Å². The zero-order valence-electron chi connectivity index (χ0n) is 13.2. The Labute approximate surface area is 138 Å². The average Bonchev–Trinajstić information content (AvgIpc) is 2.97. The maximum Gasteiger partial charge on any atom is 0.239 e. The van der Waals surface area contributed by atoms with Gasteiger partial charge in [0.15, 0.2) is 0 Å². The summed E-state index contributed by atoms with van der Waals surface area (Å²) in [6.45, 7) is 3.97. The summed E-state index contributed by atoms with van der Waals surface area (Å²) in [7, 11) is -1.26. The molecule has 0 aliphatic carbocycles. The van der Waals surface area contributed by atoms with Gasteiger partial charge in [-0.25, -0.2) is 0 Å². The number of anilines is 1. The molecule has 1 amide bonds. The Bertz CT molecular complexity index is 693. The number of nitrogens with one attached hydrogen (secondary N) is 1. The van der Waals surface area contributed by atoms with Gasteiger partial charge in [-0.2, -0.15) is 0 Å². The van der Waals surface area contributed by atoms with Crippen LogP contribution in [-0.2, 0) is 15.6 Å². The van der Waals surface area contributed by atoms with Crippen LogP contribution in [0.25, 0.3) is 6.08 Å². The van der Waals surface area contributed by atoms with Crippen molar-refractivity contribution in [2.75, 3.05) is 16.8 Å². The molecule has 2 rings (SSSR count). The Kier molecular flexibility index (Phi) is 6.29. The molecule has 0 saturated heterocycles. The molecule has 0 fully saturated rings. The minimum Gasteiger partial charge on any atom is -0.338 e. The average molecular weight is 332 g/mol. The number of aromatic nitrogens is 1. The van der Waals surface area contributed by atoms with E-state index < -0.39 is 10.8 Å². The van der Waals surface area contributed by atoms with E-state index in [4.69, 9.17) is 4.52 Å². The van der Waals surface area contributed by atoms with Crippen LogP contribution in [0.1, 0.15) is 31.0 Å². The molecule has 1 N–H and O–H groups in total. The zero-order valence-corrected chi connectivity index (χ0v) is 14.0. The third-order valence-electron chi connectivity index (χ3n) is 3.07. The van der Waals surface area contributed by atoms with Crippen LogP contribution in [0.2, 0.25) is 0 Å². The maximum atomic E-state index is 11.9. The fourth-order valence-electron chi connectivity index (χ4n) is 1.85. The van der Waals surface area contributed by atoms with Crippen molar-refractivity contribution in [3.63, 3.8) is 0 Å². The van der Waals surface area contributed by atoms with Gasteiger partial charge in [0.2, 0.25) is 11.8 Å². The molecule has 23 heavy (non-hydrogen) atoms. The zero-order chi connectivity index (χ0) is 16.7. The van der Waals surface area contributed by atoms with E-state index in [0.29, 0.717) is 5.75 Å². The minimum atomic E-state index is -1.26. The first kappa shape index (κ1) is 17.1. The van der Waals surface area contributed by atoms with Crippen LogP contribution >= 0.6 is 0 Å². The van der Waals surface area contributed by atoms with Crippen LogP contribution in [0.15, 0.2) is 47.0 Å². The van der Waals surface area contributed by atoms with Crippen molar-refractivity contribution in [3.05, 3.63) is 53.7 Å². The lowest BCUT2D eigenvalue weighted by Crippen LogP contribution is -2.20. The summed E-state index contributed by atoms with van der Waals surface area (Å²) in [6.07, 6.45) is 3.70.